The number of aryl methyl sites for hydroxylation is 1. The minimum Gasteiger partial charge on any atom is -0.491 e. The van der Waals surface area contributed by atoms with Crippen LogP contribution in [0.25, 0.3) is 10.4 Å². The molecule has 3 fully saturated rings. The molecule has 3 aliphatic carbocycles. The third-order valence-electron chi connectivity index (χ3n) is 14.2. The van der Waals surface area contributed by atoms with Gasteiger partial charge in [-0.1, -0.05) is 65.0 Å². The summed E-state index contributed by atoms with van der Waals surface area (Å²) in [7, 11) is 0. The van der Waals surface area contributed by atoms with Crippen LogP contribution in [0.3, 0.4) is 0 Å². The van der Waals surface area contributed by atoms with Crippen molar-refractivity contribution < 1.29 is 62.3 Å². The van der Waals surface area contributed by atoms with E-state index < -0.39 is 59.2 Å². The number of alkyl carbamates (subject to hydrolysis) is 1. The number of halogens is 1. The second-order valence-corrected chi connectivity index (χ2v) is 21.8. The Morgan fingerprint density at radius 2 is 1.75 bits per heavy atom. The normalized spacial score (nSPS) is 27.2. The Morgan fingerprint density at radius 3 is 2.45 bits per heavy atom. The highest BCUT2D eigenvalue weighted by Gasteiger charge is 2.53. The summed E-state index contributed by atoms with van der Waals surface area (Å²) in [5, 5.41) is 29.1. The smallest absolute Gasteiger partial charge is 0.407 e. The van der Waals surface area contributed by atoms with Gasteiger partial charge in [0.15, 0.2) is 5.67 Å². The van der Waals surface area contributed by atoms with Gasteiger partial charge < -0.3 is 54.7 Å². The van der Waals surface area contributed by atoms with Crippen LogP contribution >= 0.6 is 11.3 Å². The molecule has 0 spiro atoms. The third kappa shape index (κ3) is 14.2. The molecule has 3 heterocycles. The van der Waals surface area contributed by atoms with Gasteiger partial charge in [-0.2, -0.15) is 0 Å². The molecule has 390 valence electrons. The van der Waals surface area contributed by atoms with Gasteiger partial charge >= 0.3 is 12.1 Å². The summed E-state index contributed by atoms with van der Waals surface area (Å²) in [5.74, 6) is -1.09. The zero-order chi connectivity index (χ0) is 51.0. The molecular weight excluding hydrogens is 938 g/mol. The van der Waals surface area contributed by atoms with Gasteiger partial charge in [0.1, 0.15) is 36.6 Å². The van der Waals surface area contributed by atoms with E-state index in [0.717, 1.165) is 28.1 Å². The molecule has 0 bridgehead atoms. The number of nitrogens with zero attached hydrogens (tertiary/aromatic N) is 2. The Kier molecular flexibility index (Phi) is 18.0. The molecule has 7 rings (SSSR count). The van der Waals surface area contributed by atoms with Crippen molar-refractivity contribution in [3.05, 3.63) is 58.8 Å². The number of fused-ring (bicyclic) bond motifs is 1. The number of likely N-dealkylation sites (tertiary alicyclic amines) is 1. The number of rotatable bonds is 21. The number of cyclic esters (lactones) is 1. The number of benzene rings is 1. The minimum absolute atomic E-state index is 0.00176. The highest BCUT2D eigenvalue weighted by atomic mass is 32.1. The molecule has 1 aromatic heterocycles. The van der Waals surface area contributed by atoms with Crippen molar-refractivity contribution in [3.8, 4) is 16.2 Å². The summed E-state index contributed by atoms with van der Waals surface area (Å²) >= 11 is 1.49. The highest BCUT2D eigenvalue weighted by Crippen LogP contribution is 2.45. The molecule has 2 aromatic rings. The van der Waals surface area contributed by atoms with Gasteiger partial charge in [0.05, 0.1) is 61.1 Å². The lowest BCUT2D eigenvalue weighted by atomic mass is 9.65. The predicted octanol–water partition coefficient (Wildman–Crippen LogP) is 5.49. The molecule has 0 radical (unpaired) electrons. The van der Waals surface area contributed by atoms with Crippen LogP contribution in [0, 0.1) is 36.0 Å². The summed E-state index contributed by atoms with van der Waals surface area (Å²) in [6.07, 6.45) is 6.57. The first-order chi connectivity index (χ1) is 33.8. The lowest BCUT2D eigenvalue weighted by molar-refractivity contribution is -0.160. The number of alkyl halides is 1. The van der Waals surface area contributed by atoms with Crippen LogP contribution in [-0.4, -0.2) is 138 Å². The first-order valence-corrected chi connectivity index (χ1v) is 26.0. The predicted molar refractivity (Wildman–Crippen MR) is 262 cm³/mol. The van der Waals surface area contributed by atoms with Gasteiger partial charge in [0.2, 0.25) is 11.8 Å². The van der Waals surface area contributed by atoms with Crippen molar-refractivity contribution in [2.24, 2.45) is 29.1 Å². The molecule has 5 N–H and O–H groups in total. The van der Waals surface area contributed by atoms with E-state index >= 15 is 0 Å². The molecule has 19 heteroatoms. The molecule has 17 nitrogen and oxygen atoms in total. The molecule has 4 amide bonds. The number of aliphatic hydroxyl groups excluding tert-OH is 2. The van der Waals surface area contributed by atoms with Crippen molar-refractivity contribution in [2.75, 3.05) is 46.1 Å². The van der Waals surface area contributed by atoms with Crippen LogP contribution in [0.1, 0.15) is 97.2 Å². The average molecular weight is 1010 g/mol. The molecule has 71 heavy (non-hydrogen) atoms. The number of carbonyl (C=O) groups is 5. The van der Waals surface area contributed by atoms with Crippen molar-refractivity contribution in [3.63, 3.8) is 0 Å². The zero-order valence-electron chi connectivity index (χ0n) is 41.8. The van der Waals surface area contributed by atoms with Gasteiger partial charge in [0, 0.05) is 44.0 Å². The van der Waals surface area contributed by atoms with Crippen LogP contribution in [0.2, 0.25) is 0 Å². The number of aliphatic hydroxyl groups is 2. The summed E-state index contributed by atoms with van der Waals surface area (Å²) in [4.78, 5) is 72.0. The van der Waals surface area contributed by atoms with Gasteiger partial charge in [-0.05, 0) is 79.4 Å². The standard InChI is InChI=1S/C52H72FN5O12S/c1-30-21-33-8-7-31(2)39(12-11-38-24-36(59)26-43(61)69-38)44(33)42(22-30)70-50(65)54-15-16-66-17-18-67-19-20-68-41-23-34(45-32(3)56-29-71-45)9-10-35(41)27-55-47(62)40-25-37(60)28-58(40)48(63)46(51(4,5)6)57-49(64)52(53)13-14-52/h7-10,21,23,29-31,36-40,42,44,46,59-60H,11-20,22,24-28H2,1-6H3,(H,54,65)(H,55,62)(H,57,64)/t30-,31-,36+,37+,38+,39-,40-,42-,44-,46+/m0/s1. The molecule has 2 saturated heterocycles. The van der Waals surface area contributed by atoms with E-state index in [1.807, 2.05) is 25.1 Å². The van der Waals surface area contributed by atoms with Crippen LogP contribution in [0.5, 0.6) is 5.75 Å². The van der Waals surface area contributed by atoms with E-state index in [9.17, 15) is 38.6 Å². The van der Waals surface area contributed by atoms with E-state index in [1.165, 1.54) is 16.2 Å². The van der Waals surface area contributed by atoms with E-state index in [-0.39, 0.29) is 120 Å². The number of amides is 4. The Balaban J connectivity index is 0.847. The molecule has 5 aliphatic rings. The maximum Gasteiger partial charge on any atom is 0.407 e. The summed E-state index contributed by atoms with van der Waals surface area (Å²) < 4.78 is 44.0. The van der Waals surface area contributed by atoms with Gasteiger partial charge in [-0.25, -0.2) is 14.2 Å². The van der Waals surface area contributed by atoms with E-state index in [4.69, 9.17) is 23.7 Å². The minimum atomic E-state index is -1.99. The molecule has 2 aliphatic heterocycles. The fourth-order valence-corrected chi connectivity index (χ4v) is 11.0. The summed E-state index contributed by atoms with van der Waals surface area (Å²) in [6.45, 7) is 12.8. The quantitative estimate of drug-likeness (QED) is 0.0772. The number of aromatic nitrogens is 1. The second-order valence-electron chi connectivity index (χ2n) is 21.0. The third-order valence-corrected chi connectivity index (χ3v) is 15.1. The number of esters is 1. The number of nitrogens with one attached hydrogen (secondary N) is 3. The monoisotopic (exact) mass is 1010 g/mol. The van der Waals surface area contributed by atoms with Crippen LogP contribution in [0.15, 0.2) is 47.5 Å². The van der Waals surface area contributed by atoms with Gasteiger partial charge in [0.25, 0.3) is 5.91 Å². The molecule has 0 unspecified atom stereocenters. The molecule has 10 atom stereocenters. The Labute approximate surface area is 419 Å². The number of carbonyl (C=O) groups excluding carboxylic acids is 5. The Hall–Kier alpha value is -4.95. The van der Waals surface area contributed by atoms with Crippen LogP contribution in [0.4, 0.5) is 9.18 Å². The topological polar surface area (TPSA) is 224 Å². The number of hydrogen-bond donors (Lipinski definition) is 5. The SMILES string of the molecule is Cc1ncsc1-c1ccc(CNC(=O)[C@@H]2C[C@@H](O)CN2C(=O)[C@@H](NC(=O)C2(F)CC2)C(C)(C)C)c(OCCOCCOCCNC(=O)O[C@H]2C[C@@H](C)C=C3C=C[C@H](C)[C@H](CC[C@@H]4C[C@@H](O)CC(=O)O4)[C@H]32)c1. The number of allylic oxidation sites excluding steroid dienone is 3. The fourth-order valence-electron chi connectivity index (χ4n) is 10.1. The number of ether oxygens (including phenoxy) is 5. The summed E-state index contributed by atoms with van der Waals surface area (Å²) in [6, 6.07) is 3.52. The number of hydrogen-bond acceptors (Lipinski definition) is 14. The van der Waals surface area contributed by atoms with Crippen LogP contribution < -0.4 is 20.7 Å². The molecule has 1 saturated carbocycles. The van der Waals surface area contributed by atoms with Crippen molar-refractivity contribution in [1.29, 1.82) is 0 Å². The maximum absolute atomic E-state index is 14.6. The Morgan fingerprint density at radius 1 is 1.00 bits per heavy atom. The fraction of sp³-hybridized carbons (Fsp3) is 0.654. The van der Waals surface area contributed by atoms with Crippen LogP contribution in [-0.2, 0) is 44.7 Å². The average Bonchev–Trinajstić information content (AvgIpc) is 3.71. The first kappa shape index (κ1) is 53.8. The van der Waals surface area contributed by atoms with Crippen molar-refractivity contribution >= 4 is 41.1 Å². The maximum atomic E-state index is 14.6. The largest absolute Gasteiger partial charge is 0.491 e. The highest BCUT2D eigenvalue weighted by molar-refractivity contribution is 7.13. The van der Waals surface area contributed by atoms with E-state index in [2.05, 4.69) is 53.0 Å². The lowest BCUT2D eigenvalue weighted by Gasteiger charge is -2.43. The van der Waals surface area contributed by atoms with E-state index in [0.29, 0.717) is 30.6 Å². The number of thiazole rings is 1. The molecule has 1 aromatic carbocycles. The lowest BCUT2D eigenvalue weighted by Crippen LogP contribution is -2.59. The van der Waals surface area contributed by atoms with Gasteiger partial charge in [-0.3, -0.25) is 19.2 Å². The zero-order valence-corrected chi connectivity index (χ0v) is 42.6. The number of β-amino-alcohol motifs (C(OH)–C–C–N with tert-alkyl or cyclic N) is 1. The van der Waals surface area contributed by atoms with E-state index in [1.54, 1.807) is 26.3 Å². The first-order valence-electron chi connectivity index (χ1n) is 25.1. The second kappa shape index (κ2) is 23.7. The summed E-state index contributed by atoms with van der Waals surface area (Å²) in [5.41, 5.74) is 2.55. The van der Waals surface area contributed by atoms with Crippen molar-refractivity contribution in [1.82, 2.24) is 25.8 Å². The van der Waals surface area contributed by atoms with Gasteiger partial charge in [-0.15, -0.1) is 11.3 Å². The Bertz CT molecular complexity index is 2280. The van der Waals surface area contributed by atoms with Crippen molar-refractivity contribution in [2.45, 2.75) is 142 Å². The molecular formula is C52H72FN5O12S.